The first kappa shape index (κ1) is 22.2. The molecule has 0 heterocycles. The van der Waals surface area contributed by atoms with Gasteiger partial charge in [-0.05, 0) is 81.4 Å². The van der Waals surface area contributed by atoms with Crippen LogP contribution in [0, 0.1) is 6.92 Å². The van der Waals surface area contributed by atoms with E-state index in [2.05, 4.69) is 41.2 Å². The lowest BCUT2D eigenvalue weighted by atomic mass is 9.93. The minimum atomic E-state index is -0.163. The van der Waals surface area contributed by atoms with Crippen molar-refractivity contribution in [2.24, 2.45) is 0 Å². The standard InChI is InChI=1S/C25H28BrNO3/c1-15(2)20-13-21(16(3)12-23(20)29-5)17(4)27-24(28)14-30-22-11-10-18-8-6-7-9-19(18)25(22)26/h6-13,15,17H,14H2,1-5H3,(H,27,28). The van der Waals surface area contributed by atoms with Crippen LogP contribution in [-0.2, 0) is 4.79 Å². The van der Waals surface area contributed by atoms with Crippen molar-refractivity contribution < 1.29 is 14.3 Å². The van der Waals surface area contributed by atoms with Gasteiger partial charge in [-0.3, -0.25) is 4.79 Å². The van der Waals surface area contributed by atoms with Crippen molar-refractivity contribution in [3.8, 4) is 11.5 Å². The second-order valence-corrected chi connectivity index (χ2v) is 8.58. The fourth-order valence-corrected chi connectivity index (χ4v) is 4.25. The fraction of sp³-hybridized carbons (Fsp3) is 0.320. The van der Waals surface area contributed by atoms with Crippen LogP contribution >= 0.6 is 15.9 Å². The van der Waals surface area contributed by atoms with Gasteiger partial charge in [0.2, 0.25) is 0 Å². The van der Waals surface area contributed by atoms with Gasteiger partial charge >= 0.3 is 0 Å². The summed E-state index contributed by atoms with van der Waals surface area (Å²) in [5.74, 6) is 1.70. The Morgan fingerprint density at radius 1 is 1.03 bits per heavy atom. The minimum Gasteiger partial charge on any atom is -0.496 e. The Labute approximate surface area is 186 Å². The predicted octanol–water partition coefficient (Wildman–Crippen LogP) is 6.30. The minimum absolute atomic E-state index is 0.0481. The van der Waals surface area contributed by atoms with Crippen LogP contribution < -0.4 is 14.8 Å². The molecule has 30 heavy (non-hydrogen) atoms. The number of hydrogen-bond donors (Lipinski definition) is 1. The van der Waals surface area contributed by atoms with E-state index in [1.54, 1.807) is 7.11 Å². The first-order valence-corrected chi connectivity index (χ1v) is 10.9. The molecular weight excluding hydrogens is 442 g/mol. The van der Waals surface area contributed by atoms with Crippen LogP contribution in [0.4, 0.5) is 0 Å². The summed E-state index contributed by atoms with van der Waals surface area (Å²) in [6.45, 7) is 8.24. The number of halogens is 1. The molecule has 1 unspecified atom stereocenters. The number of fused-ring (bicyclic) bond motifs is 1. The number of ether oxygens (including phenoxy) is 2. The van der Waals surface area contributed by atoms with Crippen molar-refractivity contribution in [1.82, 2.24) is 5.32 Å². The van der Waals surface area contributed by atoms with Crippen LogP contribution in [0.5, 0.6) is 11.5 Å². The molecule has 4 nitrogen and oxygen atoms in total. The molecule has 1 N–H and O–H groups in total. The highest BCUT2D eigenvalue weighted by atomic mass is 79.9. The lowest BCUT2D eigenvalue weighted by Crippen LogP contribution is -2.31. The highest BCUT2D eigenvalue weighted by Crippen LogP contribution is 2.34. The molecule has 0 aromatic heterocycles. The summed E-state index contributed by atoms with van der Waals surface area (Å²) in [5, 5.41) is 5.22. The SMILES string of the molecule is COc1cc(C)c(C(C)NC(=O)COc2ccc3ccccc3c2Br)cc1C(C)C. The second kappa shape index (κ2) is 9.52. The van der Waals surface area contributed by atoms with Crippen LogP contribution in [0.25, 0.3) is 10.8 Å². The van der Waals surface area contributed by atoms with Gasteiger partial charge in [0, 0.05) is 0 Å². The van der Waals surface area contributed by atoms with Crippen molar-refractivity contribution in [3.05, 3.63) is 69.7 Å². The Bertz CT molecular complexity index is 1060. The quantitative estimate of drug-likeness (QED) is 0.441. The summed E-state index contributed by atoms with van der Waals surface area (Å²) in [7, 11) is 1.69. The lowest BCUT2D eigenvalue weighted by Gasteiger charge is -2.21. The average Bonchev–Trinajstić information content (AvgIpc) is 2.72. The molecule has 1 amide bonds. The van der Waals surface area contributed by atoms with Crippen LogP contribution in [0.2, 0.25) is 0 Å². The number of nitrogens with one attached hydrogen (secondary N) is 1. The molecule has 3 rings (SSSR count). The Hall–Kier alpha value is -2.53. The number of hydrogen-bond acceptors (Lipinski definition) is 3. The van der Waals surface area contributed by atoms with Crippen LogP contribution in [0.15, 0.2) is 53.0 Å². The van der Waals surface area contributed by atoms with E-state index in [1.807, 2.05) is 56.3 Å². The molecule has 0 radical (unpaired) electrons. The molecule has 0 aliphatic carbocycles. The van der Waals surface area contributed by atoms with E-state index in [-0.39, 0.29) is 18.6 Å². The number of methoxy groups -OCH3 is 1. The van der Waals surface area contributed by atoms with Gasteiger partial charge in [-0.1, -0.05) is 44.2 Å². The molecular formula is C25H28BrNO3. The molecule has 3 aromatic rings. The zero-order valence-electron chi connectivity index (χ0n) is 18.1. The van der Waals surface area contributed by atoms with Crippen molar-refractivity contribution in [1.29, 1.82) is 0 Å². The Balaban J connectivity index is 1.69. The maximum atomic E-state index is 12.6. The monoisotopic (exact) mass is 469 g/mol. The van der Waals surface area contributed by atoms with Gasteiger partial charge in [-0.25, -0.2) is 0 Å². The number of rotatable bonds is 7. The van der Waals surface area contributed by atoms with Crippen molar-refractivity contribution >= 4 is 32.6 Å². The summed E-state index contributed by atoms with van der Waals surface area (Å²) in [4.78, 5) is 12.6. The molecule has 0 spiro atoms. The maximum absolute atomic E-state index is 12.6. The first-order chi connectivity index (χ1) is 14.3. The van der Waals surface area contributed by atoms with Gasteiger partial charge in [0.25, 0.3) is 5.91 Å². The van der Waals surface area contributed by atoms with Crippen molar-refractivity contribution in [3.63, 3.8) is 0 Å². The maximum Gasteiger partial charge on any atom is 0.258 e. The number of carbonyl (C=O) groups excluding carboxylic acids is 1. The highest BCUT2D eigenvalue weighted by Gasteiger charge is 2.17. The third-order valence-electron chi connectivity index (χ3n) is 5.27. The van der Waals surface area contributed by atoms with Crippen LogP contribution in [-0.4, -0.2) is 19.6 Å². The predicted molar refractivity (Wildman–Crippen MR) is 126 cm³/mol. The molecule has 0 saturated heterocycles. The summed E-state index contributed by atoms with van der Waals surface area (Å²) < 4.78 is 12.2. The van der Waals surface area contributed by atoms with E-state index in [1.165, 1.54) is 0 Å². The Morgan fingerprint density at radius 3 is 2.47 bits per heavy atom. The normalized spacial score (nSPS) is 12.1. The Morgan fingerprint density at radius 2 is 1.77 bits per heavy atom. The van der Waals surface area contributed by atoms with Gasteiger partial charge in [0.1, 0.15) is 11.5 Å². The number of aryl methyl sites for hydroxylation is 1. The molecule has 5 heteroatoms. The molecule has 0 aliphatic rings. The number of benzene rings is 3. The van der Waals surface area contributed by atoms with Gasteiger partial charge in [0.05, 0.1) is 17.6 Å². The number of carbonyl (C=O) groups is 1. The number of amides is 1. The zero-order chi connectivity index (χ0) is 21.8. The van der Waals surface area contributed by atoms with Gasteiger partial charge in [-0.2, -0.15) is 0 Å². The lowest BCUT2D eigenvalue weighted by molar-refractivity contribution is -0.123. The van der Waals surface area contributed by atoms with E-state index < -0.39 is 0 Å². The van der Waals surface area contributed by atoms with E-state index in [0.717, 1.165) is 37.7 Å². The van der Waals surface area contributed by atoms with E-state index >= 15 is 0 Å². The molecule has 0 aliphatic heterocycles. The Kier molecular flexibility index (Phi) is 7.03. The molecule has 158 valence electrons. The van der Waals surface area contributed by atoms with Gasteiger partial charge in [-0.15, -0.1) is 0 Å². The summed E-state index contributed by atoms with van der Waals surface area (Å²) in [6, 6.07) is 15.9. The molecule has 3 aromatic carbocycles. The summed E-state index contributed by atoms with van der Waals surface area (Å²) in [5.41, 5.74) is 3.30. The third kappa shape index (κ3) is 4.78. The van der Waals surface area contributed by atoms with Crippen molar-refractivity contribution in [2.75, 3.05) is 13.7 Å². The average molecular weight is 470 g/mol. The fourth-order valence-electron chi connectivity index (χ4n) is 3.64. The van der Waals surface area contributed by atoms with Gasteiger partial charge < -0.3 is 14.8 Å². The van der Waals surface area contributed by atoms with E-state index in [4.69, 9.17) is 9.47 Å². The zero-order valence-corrected chi connectivity index (χ0v) is 19.7. The molecule has 0 fully saturated rings. The van der Waals surface area contributed by atoms with Crippen molar-refractivity contribution in [2.45, 2.75) is 39.7 Å². The van der Waals surface area contributed by atoms with Gasteiger partial charge in [0.15, 0.2) is 6.61 Å². The summed E-state index contributed by atoms with van der Waals surface area (Å²) in [6.07, 6.45) is 0. The van der Waals surface area contributed by atoms with E-state index in [9.17, 15) is 4.79 Å². The molecule has 1 atom stereocenters. The van der Waals surface area contributed by atoms with Crippen LogP contribution in [0.3, 0.4) is 0 Å². The third-order valence-corrected chi connectivity index (χ3v) is 6.09. The smallest absolute Gasteiger partial charge is 0.258 e. The summed E-state index contributed by atoms with van der Waals surface area (Å²) >= 11 is 3.60. The highest BCUT2D eigenvalue weighted by molar-refractivity contribution is 9.10. The topological polar surface area (TPSA) is 47.6 Å². The van der Waals surface area contributed by atoms with E-state index in [0.29, 0.717) is 11.7 Å². The largest absolute Gasteiger partial charge is 0.496 e. The van der Waals surface area contributed by atoms with Crippen LogP contribution in [0.1, 0.15) is 49.4 Å². The first-order valence-electron chi connectivity index (χ1n) is 10.1. The second-order valence-electron chi connectivity index (χ2n) is 7.78. The molecule has 0 saturated carbocycles. The molecule has 0 bridgehead atoms.